The molecule has 0 fully saturated rings. The minimum atomic E-state index is 0.387. The van der Waals surface area contributed by atoms with Gasteiger partial charge in [-0.3, -0.25) is 0 Å². The van der Waals surface area contributed by atoms with Crippen molar-refractivity contribution in [1.82, 2.24) is 0 Å². The molecule has 1 aromatic carbocycles. The van der Waals surface area contributed by atoms with Gasteiger partial charge in [-0.25, -0.2) is 0 Å². The van der Waals surface area contributed by atoms with Crippen LogP contribution in [0, 0.1) is 17.8 Å². The van der Waals surface area contributed by atoms with Crippen LogP contribution in [-0.4, -0.2) is 6.61 Å². The molecule has 0 aliphatic heterocycles. The van der Waals surface area contributed by atoms with Gasteiger partial charge in [-0.15, -0.1) is 5.92 Å². The van der Waals surface area contributed by atoms with E-state index in [0.717, 1.165) is 18.8 Å². The number of aryl methyl sites for hydroxylation is 1. The van der Waals surface area contributed by atoms with E-state index >= 15 is 0 Å². The summed E-state index contributed by atoms with van der Waals surface area (Å²) >= 11 is 0. The minimum Gasteiger partial charge on any atom is -0.494 e. The third-order valence-corrected chi connectivity index (χ3v) is 3.42. The van der Waals surface area contributed by atoms with Crippen LogP contribution < -0.4 is 4.74 Å². The zero-order valence-electron chi connectivity index (χ0n) is 12.2. The molecule has 2 atom stereocenters. The van der Waals surface area contributed by atoms with Crippen molar-refractivity contribution in [2.75, 3.05) is 6.61 Å². The van der Waals surface area contributed by atoms with Gasteiger partial charge in [0.1, 0.15) is 5.75 Å². The molecule has 1 nitrogen and oxygen atoms in total. The summed E-state index contributed by atoms with van der Waals surface area (Å²) in [6.45, 7) is 11.3. The van der Waals surface area contributed by atoms with Crippen LogP contribution in [0.5, 0.6) is 5.75 Å². The Balaban J connectivity index is 3.03. The van der Waals surface area contributed by atoms with Gasteiger partial charge in [-0.05, 0) is 49.4 Å². The Morgan fingerprint density at radius 3 is 2.50 bits per heavy atom. The fraction of sp³-hybridized carbons (Fsp3) is 0.529. The Hall–Kier alpha value is -1.42. The van der Waals surface area contributed by atoms with Crippen molar-refractivity contribution >= 4 is 0 Å². The molecule has 0 aliphatic rings. The lowest BCUT2D eigenvalue weighted by atomic mass is 9.85. The molecule has 18 heavy (non-hydrogen) atoms. The molecule has 98 valence electrons. The Bertz CT molecular complexity index is 437. The first-order chi connectivity index (χ1) is 8.63. The summed E-state index contributed by atoms with van der Waals surface area (Å²) in [4.78, 5) is 0. The van der Waals surface area contributed by atoms with Crippen LogP contribution in [0.4, 0.5) is 0 Å². The monoisotopic (exact) mass is 244 g/mol. The Morgan fingerprint density at radius 2 is 1.94 bits per heavy atom. The molecule has 0 saturated heterocycles. The van der Waals surface area contributed by atoms with Crippen LogP contribution >= 0.6 is 0 Å². The van der Waals surface area contributed by atoms with E-state index in [2.05, 4.69) is 50.8 Å². The second kappa shape index (κ2) is 7.11. The van der Waals surface area contributed by atoms with Crippen LogP contribution in [0.2, 0.25) is 0 Å². The topological polar surface area (TPSA) is 9.23 Å². The fourth-order valence-electron chi connectivity index (χ4n) is 2.21. The molecule has 0 amide bonds. The van der Waals surface area contributed by atoms with Gasteiger partial charge in [-0.1, -0.05) is 32.8 Å². The van der Waals surface area contributed by atoms with Gasteiger partial charge in [0.15, 0.2) is 0 Å². The molecule has 0 aromatic heterocycles. The lowest BCUT2D eigenvalue weighted by molar-refractivity contribution is 0.339. The Kier molecular flexibility index (Phi) is 5.78. The van der Waals surface area contributed by atoms with E-state index in [4.69, 9.17) is 4.74 Å². The molecule has 0 spiro atoms. The molecular weight excluding hydrogens is 220 g/mol. The van der Waals surface area contributed by atoms with Crippen LogP contribution in [-0.2, 0) is 6.42 Å². The summed E-state index contributed by atoms with van der Waals surface area (Å²) in [5.41, 5.74) is 2.77. The summed E-state index contributed by atoms with van der Waals surface area (Å²) in [7, 11) is 0. The number of hydrogen-bond donors (Lipinski definition) is 0. The van der Waals surface area contributed by atoms with Crippen molar-refractivity contribution in [1.29, 1.82) is 0 Å². The molecule has 0 saturated carbocycles. The van der Waals surface area contributed by atoms with Crippen LogP contribution in [0.25, 0.3) is 0 Å². The first-order valence-corrected chi connectivity index (χ1v) is 6.81. The standard InChI is InChI=1S/C17H24O/c1-6-9-13(4)14(5)17-11-10-16(18-8-3)12-15(17)7-2/h10-14H,7-8H2,1-5H3. The smallest absolute Gasteiger partial charge is 0.119 e. The molecule has 0 bridgehead atoms. The highest BCUT2D eigenvalue weighted by atomic mass is 16.5. The molecule has 0 N–H and O–H groups in total. The van der Waals surface area contributed by atoms with E-state index in [0.29, 0.717) is 11.8 Å². The first kappa shape index (κ1) is 14.6. The van der Waals surface area contributed by atoms with Gasteiger partial charge in [0.2, 0.25) is 0 Å². The summed E-state index contributed by atoms with van der Waals surface area (Å²) < 4.78 is 5.56. The molecule has 1 heteroatoms. The first-order valence-electron chi connectivity index (χ1n) is 6.81. The average Bonchev–Trinajstić information content (AvgIpc) is 2.38. The van der Waals surface area contributed by atoms with Gasteiger partial charge < -0.3 is 4.74 Å². The Labute approximate surface area is 112 Å². The number of ether oxygens (including phenoxy) is 1. The minimum absolute atomic E-state index is 0.387. The second-order valence-electron chi connectivity index (χ2n) is 4.62. The SMILES string of the molecule is CC#CC(C)C(C)c1ccc(OCC)cc1CC. The van der Waals surface area contributed by atoms with Crippen molar-refractivity contribution in [3.63, 3.8) is 0 Å². The van der Waals surface area contributed by atoms with Crippen molar-refractivity contribution in [2.45, 2.75) is 47.0 Å². The van der Waals surface area contributed by atoms with E-state index < -0.39 is 0 Å². The van der Waals surface area contributed by atoms with Gasteiger partial charge in [0.05, 0.1) is 6.61 Å². The third kappa shape index (κ3) is 3.53. The number of rotatable bonds is 5. The lowest BCUT2D eigenvalue weighted by Gasteiger charge is -2.19. The fourth-order valence-corrected chi connectivity index (χ4v) is 2.21. The zero-order chi connectivity index (χ0) is 13.5. The average molecular weight is 244 g/mol. The van der Waals surface area contributed by atoms with Crippen molar-refractivity contribution in [3.05, 3.63) is 29.3 Å². The summed E-state index contributed by atoms with van der Waals surface area (Å²) in [5.74, 6) is 8.09. The molecule has 0 heterocycles. The second-order valence-corrected chi connectivity index (χ2v) is 4.62. The normalized spacial score (nSPS) is 13.4. The van der Waals surface area contributed by atoms with Crippen molar-refractivity contribution in [3.8, 4) is 17.6 Å². The summed E-state index contributed by atoms with van der Waals surface area (Å²) in [5, 5.41) is 0. The van der Waals surface area contributed by atoms with Gasteiger partial charge in [-0.2, -0.15) is 0 Å². The third-order valence-electron chi connectivity index (χ3n) is 3.42. The zero-order valence-corrected chi connectivity index (χ0v) is 12.2. The van der Waals surface area contributed by atoms with Crippen LogP contribution in [0.3, 0.4) is 0 Å². The molecule has 0 radical (unpaired) electrons. The molecule has 0 aliphatic carbocycles. The Morgan fingerprint density at radius 1 is 1.22 bits per heavy atom. The highest BCUT2D eigenvalue weighted by molar-refractivity contribution is 5.38. The maximum atomic E-state index is 5.56. The van der Waals surface area contributed by atoms with E-state index in [-0.39, 0.29) is 0 Å². The predicted molar refractivity (Wildman–Crippen MR) is 78.0 cm³/mol. The number of benzene rings is 1. The van der Waals surface area contributed by atoms with Gasteiger partial charge in [0, 0.05) is 5.92 Å². The van der Waals surface area contributed by atoms with Gasteiger partial charge in [0.25, 0.3) is 0 Å². The number of hydrogen-bond acceptors (Lipinski definition) is 1. The summed E-state index contributed by atoms with van der Waals surface area (Å²) in [6, 6.07) is 6.43. The van der Waals surface area contributed by atoms with Crippen molar-refractivity contribution < 1.29 is 4.74 Å². The van der Waals surface area contributed by atoms with E-state index in [1.54, 1.807) is 0 Å². The van der Waals surface area contributed by atoms with E-state index in [9.17, 15) is 0 Å². The predicted octanol–water partition coefficient (Wildman–Crippen LogP) is 4.41. The van der Waals surface area contributed by atoms with Gasteiger partial charge >= 0.3 is 0 Å². The highest BCUT2D eigenvalue weighted by Crippen LogP contribution is 2.29. The maximum Gasteiger partial charge on any atom is 0.119 e. The van der Waals surface area contributed by atoms with E-state index in [1.165, 1.54) is 11.1 Å². The van der Waals surface area contributed by atoms with Crippen LogP contribution in [0.1, 0.15) is 51.7 Å². The van der Waals surface area contributed by atoms with Crippen molar-refractivity contribution in [2.24, 2.45) is 5.92 Å². The summed E-state index contributed by atoms with van der Waals surface area (Å²) in [6.07, 6.45) is 1.03. The quantitative estimate of drug-likeness (QED) is 0.697. The largest absolute Gasteiger partial charge is 0.494 e. The highest BCUT2D eigenvalue weighted by Gasteiger charge is 2.15. The maximum absolute atomic E-state index is 5.56. The van der Waals surface area contributed by atoms with Crippen LogP contribution in [0.15, 0.2) is 18.2 Å². The molecule has 1 aromatic rings. The van der Waals surface area contributed by atoms with E-state index in [1.807, 2.05) is 13.8 Å². The molecule has 2 unspecified atom stereocenters. The lowest BCUT2D eigenvalue weighted by Crippen LogP contribution is -2.07. The molecule has 1 rings (SSSR count). The molecular formula is C17H24O.